The summed E-state index contributed by atoms with van der Waals surface area (Å²) in [6.07, 6.45) is 27.1. The van der Waals surface area contributed by atoms with Crippen molar-refractivity contribution in [3.63, 3.8) is 0 Å². The maximum atomic E-state index is 12.5. The average molecular weight is 789 g/mol. The van der Waals surface area contributed by atoms with Gasteiger partial charge in [-0.1, -0.05) is 148 Å². The van der Waals surface area contributed by atoms with Crippen LogP contribution in [-0.2, 0) is 28.2 Å². The van der Waals surface area contributed by atoms with Crippen molar-refractivity contribution in [3.8, 4) is 0 Å². The minimum absolute atomic E-state index is 0.0370. The summed E-state index contributed by atoms with van der Waals surface area (Å²) in [5.41, 5.74) is 0. The second-order valence-corrected chi connectivity index (χ2v) is 17.0. The molecule has 1 aliphatic rings. The second kappa shape index (κ2) is 31.5. The van der Waals surface area contributed by atoms with Gasteiger partial charge in [-0.25, -0.2) is 4.57 Å². The highest BCUT2D eigenvalue weighted by Gasteiger charge is 2.39. The number of hydrogen-bond acceptors (Lipinski definition) is 9. The maximum absolute atomic E-state index is 12.5. The smallest absolute Gasteiger partial charge is 0.462 e. The predicted molar refractivity (Wildman–Crippen MR) is 213 cm³/mol. The van der Waals surface area contributed by atoms with Crippen molar-refractivity contribution in [1.82, 2.24) is 0 Å². The van der Waals surface area contributed by atoms with E-state index in [2.05, 4.69) is 25.3 Å². The molecular weight excluding hydrogens is 711 g/mol. The number of aliphatic hydroxyl groups excluding tert-OH is 3. The molecule has 0 aromatic heterocycles. The Morgan fingerprint density at radius 2 is 1.31 bits per heavy atom. The van der Waals surface area contributed by atoms with Gasteiger partial charge in [0.15, 0.2) is 6.10 Å². The molecule has 1 aliphatic carbocycles. The number of unbranched alkanes of at least 4 members (excludes halogenated alkanes) is 15. The molecule has 5 N–H and O–H groups in total. The van der Waals surface area contributed by atoms with Crippen molar-refractivity contribution in [2.45, 2.75) is 199 Å². The molecule has 0 aliphatic heterocycles. The van der Waals surface area contributed by atoms with Crippen molar-refractivity contribution in [2.24, 2.45) is 17.8 Å². The second-order valence-electron chi connectivity index (χ2n) is 15.8. The van der Waals surface area contributed by atoms with Crippen molar-refractivity contribution >= 4 is 19.8 Å². The highest BCUT2D eigenvalue weighted by Crippen LogP contribution is 2.37. The number of phosphoric ester groups is 1. The minimum atomic E-state index is -4.82. The summed E-state index contributed by atoms with van der Waals surface area (Å²) in [5, 5.41) is 31.2. The first-order valence-corrected chi connectivity index (χ1v) is 22.8. The molecule has 0 spiro atoms. The molecule has 0 unspecified atom stereocenters. The third-order valence-electron chi connectivity index (χ3n) is 10.2. The first kappa shape index (κ1) is 50.4. The van der Waals surface area contributed by atoms with Crippen LogP contribution in [0.4, 0.5) is 0 Å². The zero-order chi connectivity index (χ0) is 40.0. The van der Waals surface area contributed by atoms with Crippen LogP contribution >= 0.6 is 7.82 Å². The first-order valence-electron chi connectivity index (χ1n) is 21.2. The van der Waals surface area contributed by atoms with Gasteiger partial charge in [0.25, 0.3) is 0 Å². The van der Waals surface area contributed by atoms with Crippen molar-refractivity contribution in [2.75, 3.05) is 13.2 Å². The van der Waals surface area contributed by atoms with Gasteiger partial charge in [0.05, 0.1) is 24.9 Å². The van der Waals surface area contributed by atoms with E-state index in [1.54, 1.807) is 6.08 Å². The minimum Gasteiger partial charge on any atom is -0.462 e. The van der Waals surface area contributed by atoms with Crippen LogP contribution in [0.25, 0.3) is 0 Å². The monoisotopic (exact) mass is 789 g/mol. The summed E-state index contributed by atoms with van der Waals surface area (Å²) >= 11 is 0. The zero-order valence-electron chi connectivity index (χ0n) is 33.9. The quantitative estimate of drug-likeness (QED) is 0.0182. The normalized spacial score (nSPS) is 20.3. The van der Waals surface area contributed by atoms with Crippen molar-refractivity contribution in [3.05, 3.63) is 24.3 Å². The third-order valence-corrected chi connectivity index (χ3v) is 10.7. The molecule has 0 aromatic carbocycles. The fourth-order valence-corrected chi connectivity index (χ4v) is 7.32. The lowest BCUT2D eigenvalue weighted by molar-refractivity contribution is -0.161. The SMILES string of the molecule is CCCCC[C@H](O)/C=C/[C@@H]1[C@@H](C/C=C/CCCC(=O)O[C@H](COC(=O)CCCCCCCCCCCCCCCC(C)C)COP(=O)(O)O)[C@@H](O)C[C@H]1O. The number of ether oxygens (including phenoxy) is 2. The molecule has 0 bridgehead atoms. The number of rotatable bonds is 34. The van der Waals surface area contributed by atoms with Gasteiger partial charge < -0.3 is 34.6 Å². The number of allylic oxidation sites excluding steroid dienone is 2. The van der Waals surface area contributed by atoms with E-state index in [0.717, 1.165) is 44.4 Å². The molecule has 1 fully saturated rings. The predicted octanol–water partition coefficient (Wildman–Crippen LogP) is 9.03. The number of esters is 2. The summed E-state index contributed by atoms with van der Waals surface area (Å²) in [6, 6.07) is 0. The van der Waals surface area contributed by atoms with Crippen LogP contribution in [0.2, 0.25) is 0 Å². The van der Waals surface area contributed by atoms with Crippen LogP contribution in [0.5, 0.6) is 0 Å². The van der Waals surface area contributed by atoms with E-state index in [1.807, 2.05) is 18.2 Å². The van der Waals surface area contributed by atoms with Gasteiger partial charge in [0.2, 0.25) is 0 Å². The Kier molecular flexibility index (Phi) is 29.4. The Labute approximate surface area is 327 Å². The van der Waals surface area contributed by atoms with Gasteiger partial charge in [-0.3, -0.25) is 14.1 Å². The molecule has 0 amide bonds. The largest absolute Gasteiger partial charge is 0.469 e. The summed E-state index contributed by atoms with van der Waals surface area (Å²) in [6.45, 7) is 5.71. The van der Waals surface area contributed by atoms with Gasteiger partial charge in [0.1, 0.15) is 6.61 Å². The summed E-state index contributed by atoms with van der Waals surface area (Å²) in [7, 11) is -4.82. The van der Waals surface area contributed by atoms with Crippen LogP contribution in [0.3, 0.4) is 0 Å². The molecule has 11 nitrogen and oxygen atoms in total. The van der Waals surface area contributed by atoms with E-state index in [-0.39, 0.29) is 37.7 Å². The topological polar surface area (TPSA) is 180 Å². The Morgan fingerprint density at radius 3 is 1.91 bits per heavy atom. The van der Waals surface area contributed by atoms with E-state index >= 15 is 0 Å². The summed E-state index contributed by atoms with van der Waals surface area (Å²) < 4.78 is 26.4. The fraction of sp³-hybridized carbons (Fsp3) is 0.857. The molecule has 0 aromatic rings. The highest BCUT2D eigenvalue weighted by molar-refractivity contribution is 7.46. The third kappa shape index (κ3) is 27.9. The standard InChI is InChI=1S/C42H77O11P/c1-4-5-19-25-35(43)29-30-38-37(39(44)31-40(38)45)26-21-17-18-23-28-42(47)53-36(33-52-54(48,49)50)32-51-41(46)27-22-16-14-12-10-8-6-7-9-11-13-15-20-24-34(2)3/h17,21,29-30,34-40,43-45H,4-16,18-20,22-28,31-33H2,1-3H3,(H2,48,49,50)/b21-17+,30-29+/t35-,36+,37+,38+,39-,40+/m0/s1. The number of hydrogen-bond donors (Lipinski definition) is 5. The lowest BCUT2D eigenvalue weighted by atomic mass is 9.89. The average Bonchev–Trinajstić information content (AvgIpc) is 3.38. The number of carbonyl (C=O) groups excluding carboxylic acids is 2. The molecule has 54 heavy (non-hydrogen) atoms. The van der Waals surface area contributed by atoms with E-state index in [9.17, 15) is 29.5 Å². The van der Waals surface area contributed by atoms with Crippen LogP contribution in [0.1, 0.15) is 175 Å². The van der Waals surface area contributed by atoms with Gasteiger partial charge >= 0.3 is 19.8 Å². The number of carbonyl (C=O) groups is 2. The maximum Gasteiger partial charge on any atom is 0.469 e. The van der Waals surface area contributed by atoms with Crippen LogP contribution in [0, 0.1) is 17.8 Å². The molecular formula is C42H77O11P. The molecule has 316 valence electrons. The van der Waals surface area contributed by atoms with Crippen molar-refractivity contribution < 1.29 is 53.3 Å². The molecule has 0 heterocycles. The molecule has 0 radical (unpaired) electrons. The number of aliphatic hydroxyl groups is 3. The van der Waals surface area contributed by atoms with Crippen LogP contribution in [-0.4, -0.2) is 74.7 Å². The molecule has 1 saturated carbocycles. The fourth-order valence-electron chi connectivity index (χ4n) is 6.96. The van der Waals surface area contributed by atoms with Gasteiger partial charge in [-0.15, -0.1) is 0 Å². The first-order chi connectivity index (χ1) is 25.8. The van der Waals surface area contributed by atoms with Crippen LogP contribution < -0.4 is 0 Å². The highest BCUT2D eigenvalue weighted by atomic mass is 31.2. The number of phosphoric acid groups is 1. The van der Waals surface area contributed by atoms with E-state index in [1.165, 1.54) is 64.2 Å². The molecule has 6 atom stereocenters. The van der Waals surface area contributed by atoms with E-state index < -0.39 is 50.8 Å². The van der Waals surface area contributed by atoms with Gasteiger partial charge in [0, 0.05) is 25.2 Å². The lowest BCUT2D eigenvalue weighted by Crippen LogP contribution is -2.29. The van der Waals surface area contributed by atoms with E-state index in [4.69, 9.17) is 19.3 Å². The van der Waals surface area contributed by atoms with Gasteiger partial charge in [-0.2, -0.15) is 0 Å². The summed E-state index contributed by atoms with van der Waals surface area (Å²) in [5.74, 6) is -0.682. The Bertz CT molecular complexity index is 1060. The van der Waals surface area contributed by atoms with Crippen molar-refractivity contribution in [1.29, 1.82) is 0 Å². The van der Waals surface area contributed by atoms with Crippen LogP contribution in [0.15, 0.2) is 24.3 Å². The Balaban J connectivity index is 2.28. The molecule has 12 heteroatoms. The lowest BCUT2D eigenvalue weighted by Gasteiger charge is -2.19. The Hall–Kier alpha value is -1.59. The molecule has 1 rings (SSSR count). The Morgan fingerprint density at radius 1 is 0.741 bits per heavy atom. The summed E-state index contributed by atoms with van der Waals surface area (Å²) in [4.78, 5) is 43.1. The van der Waals surface area contributed by atoms with E-state index in [0.29, 0.717) is 32.1 Å². The zero-order valence-corrected chi connectivity index (χ0v) is 34.8. The molecule has 0 saturated heterocycles. The van der Waals surface area contributed by atoms with Gasteiger partial charge in [-0.05, 0) is 43.9 Å².